The maximum atomic E-state index is 11.5. The highest BCUT2D eigenvalue weighted by atomic mass is 32.2. The first-order valence-corrected chi connectivity index (χ1v) is 6.38. The van der Waals surface area contributed by atoms with E-state index in [4.69, 9.17) is 4.18 Å². The minimum atomic E-state index is -3.26. The van der Waals surface area contributed by atoms with E-state index in [0.717, 1.165) is 25.7 Å². The van der Waals surface area contributed by atoms with Gasteiger partial charge in [0.15, 0.2) is 0 Å². The summed E-state index contributed by atoms with van der Waals surface area (Å²) in [7, 11) is -3.26. The van der Waals surface area contributed by atoms with Crippen molar-refractivity contribution in [2.45, 2.75) is 44.8 Å². The van der Waals surface area contributed by atoms with Gasteiger partial charge in [0.05, 0.1) is 11.9 Å². The van der Waals surface area contributed by atoms with Crippen molar-refractivity contribution in [1.82, 2.24) is 0 Å². The summed E-state index contributed by atoms with van der Waals surface area (Å²) >= 11 is 0. The van der Waals surface area contributed by atoms with E-state index in [1.807, 2.05) is 13.8 Å². The molecule has 0 spiro atoms. The molecule has 0 radical (unpaired) electrons. The van der Waals surface area contributed by atoms with Gasteiger partial charge in [-0.3, -0.25) is 4.18 Å². The molecule has 0 unspecified atom stereocenters. The monoisotopic (exact) mass is 206 g/mol. The smallest absolute Gasteiger partial charge is 0.270 e. The average Bonchev–Trinajstić information content (AvgIpc) is 2.53. The van der Waals surface area contributed by atoms with E-state index in [1.54, 1.807) is 0 Å². The van der Waals surface area contributed by atoms with Crippen molar-refractivity contribution in [2.24, 2.45) is 5.92 Å². The van der Waals surface area contributed by atoms with Crippen molar-refractivity contribution in [2.75, 3.05) is 6.61 Å². The predicted octanol–water partition coefficient (Wildman–Crippen LogP) is 1.93. The fraction of sp³-hybridized carbons (Fsp3) is 1.00. The zero-order valence-corrected chi connectivity index (χ0v) is 9.14. The summed E-state index contributed by atoms with van der Waals surface area (Å²) in [6.45, 7) is 4.22. The van der Waals surface area contributed by atoms with Crippen LogP contribution in [0.4, 0.5) is 0 Å². The molecule has 0 amide bonds. The van der Waals surface area contributed by atoms with E-state index < -0.39 is 10.1 Å². The highest BCUT2D eigenvalue weighted by molar-refractivity contribution is 7.87. The fourth-order valence-corrected chi connectivity index (χ4v) is 3.07. The highest BCUT2D eigenvalue weighted by Crippen LogP contribution is 2.25. The third kappa shape index (κ3) is 3.27. The molecule has 1 saturated carbocycles. The van der Waals surface area contributed by atoms with E-state index in [9.17, 15) is 8.42 Å². The lowest BCUT2D eigenvalue weighted by atomic mass is 10.2. The van der Waals surface area contributed by atoms with Crippen LogP contribution in [-0.4, -0.2) is 20.3 Å². The Balaban J connectivity index is 2.45. The second-order valence-corrected chi connectivity index (χ2v) is 5.97. The van der Waals surface area contributed by atoms with Crippen LogP contribution in [0.25, 0.3) is 0 Å². The Morgan fingerprint density at radius 2 is 1.85 bits per heavy atom. The van der Waals surface area contributed by atoms with Crippen molar-refractivity contribution in [1.29, 1.82) is 0 Å². The lowest BCUT2D eigenvalue weighted by molar-refractivity contribution is 0.270. The summed E-state index contributed by atoms with van der Waals surface area (Å²) in [6, 6.07) is 0. The predicted molar refractivity (Wildman–Crippen MR) is 52.0 cm³/mol. The van der Waals surface area contributed by atoms with E-state index in [2.05, 4.69) is 0 Å². The molecule has 78 valence electrons. The van der Waals surface area contributed by atoms with Crippen LogP contribution in [0.5, 0.6) is 0 Å². The summed E-state index contributed by atoms with van der Waals surface area (Å²) in [4.78, 5) is 0. The molecule has 3 nitrogen and oxygen atoms in total. The molecule has 0 N–H and O–H groups in total. The maximum Gasteiger partial charge on any atom is 0.270 e. The van der Waals surface area contributed by atoms with E-state index in [1.165, 1.54) is 0 Å². The molecule has 0 atom stereocenters. The Morgan fingerprint density at radius 3 is 2.31 bits per heavy atom. The minimum Gasteiger partial charge on any atom is -0.270 e. The van der Waals surface area contributed by atoms with Crippen LogP contribution in [0.15, 0.2) is 0 Å². The summed E-state index contributed by atoms with van der Waals surface area (Å²) in [5.74, 6) is 0.274. The van der Waals surface area contributed by atoms with Gasteiger partial charge in [0.1, 0.15) is 0 Å². The van der Waals surface area contributed by atoms with Crippen molar-refractivity contribution >= 4 is 10.1 Å². The largest absolute Gasteiger partial charge is 0.270 e. The van der Waals surface area contributed by atoms with Gasteiger partial charge < -0.3 is 0 Å². The van der Waals surface area contributed by atoms with Crippen molar-refractivity contribution in [3.63, 3.8) is 0 Å². The SMILES string of the molecule is CC(C)COS(=O)(=O)C1CCCC1. The van der Waals surface area contributed by atoms with Crippen molar-refractivity contribution in [3.8, 4) is 0 Å². The Hall–Kier alpha value is -0.0900. The van der Waals surface area contributed by atoms with Gasteiger partial charge in [0.2, 0.25) is 0 Å². The molecule has 4 heteroatoms. The molecule has 13 heavy (non-hydrogen) atoms. The van der Waals surface area contributed by atoms with Crippen LogP contribution in [0.1, 0.15) is 39.5 Å². The quantitative estimate of drug-likeness (QED) is 0.660. The number of hydrogen-bond acceptors (Lipinski definition) is 3. The van der Waals surface area contributed by atoms with Crippen LogP contribution in [-0.2, 0) is 14.3 Å². The topological polar surface area (TPSA) is 43.4 Å². The molecule has 0 heterocycles. The third-order valence-electron chi connectivity index (χ3n) is 2.28. The molecule has 1 aliphatic carbocycles. The molecule has 0 aromatic rings. The van der Waals surface area contributed by atoms with Crippen molar-refractivity contribution < 1.29 is 12.6 Å². The molecule has 0 bridgehead atoms. The van der Waals surface area contributed by atoms with E-state index in [-0.39, 0.29) is 11.2 Å². The number of rotatable bonds is 4. The van der Waals surface area contributed by atoms with Crippen LogP contribution in [0.3, 0.4) is 0 Å². The first-order chi connectivity index (χ1) is 6.02. The van der Waals surface area contributed by atoms with Gasteiger partial charge in [-0.2, -0.15) is 8.42 Å². The second-order valence-electron chi connectivity index (χ2n) is 4.08. The molecule has 0 saturated heterocycles. The van der Waals surface area contributed by atoms with Gasteiger partial charge >= 0.3 is 0 Å². The molecule has 1 fully saturated rings. The van der Waals surface area contributed by atoms with Gasteiger partial charge in [0, 0.05) is 0 Å². The highest BCUT2D eigenvalue weighted by Gasteiger charge is 2.29. The molecule has 0 aromatic heterocycles. The molecule has 1 rings (SSSR count). The summed E-state index contributed by atoms with van der Waals surface area (Å²) in [6.07, 6.45) is 3.60. The Morgan fingerprint density at radius 1 is 1.31 bits per heavy atom. The first kappa shape index (κ1) is 11.0. The van der Waals surface area contributed by atoms with Gasteiger partial charge in [-0.1, -0.05) is 26.7 Å². The van der Waals surface area contributed by atoms with Crippen LogP contribution >= 0.6 is 0 Å². The third-order valence-corrected chi connectivity index (χ3v) is 4.03. The maximum absolute atomic E-state index is 11.5. The summed E-state index contributed by atoms with van der Waals surface area (Å²) < 4.78 is 28.0. The van der Waals surface area contributed by atoms with Crippen molar-refractivity contribution in [3.05, 3.63) is 0 Å². The van der Waals surface area contributed by atoms with Gasteiger partial charge in [0.25, 0.3) is 10.1 Å². The zero-order valence-electron chi connectivity index (χ0n) is 8.32. The van der Waals surface area contributed by atoms with Gasteiger partial charge in [-0.15, -0.1) is 0 Å². The molecular weight excluding hydrogens is 188 g/mol. The zero-order chi connectivity index (χ0) is 9.90. The Labute approximate surface area is 80.6 Å². The second kappa shape index (κ2) is 4.42. The molecule has 0 aromatic carbocycles. The standard InChI is InChI=1S/C9H18O3S/c1-8(2)7-12-13(10,11)9-5-3-4-6-9/h8-9H,3-7H2,1-2H3. The average molecular weight is 206 g/mol. The molecular formula is C9H18O3S. The number of hydrogen-bond donors (Lipinski definition) is 0. The molecule has 1 aliphatic rings. The lowest BCUT2D eigenvalue weighted by Crippen LogP contribution is -2.22. The lowest BCUT2D eigenvalue weighted by Gasteiger charge is -2.12. The van der Waals surface area contributed by atoms with Gasteiger partial charge in [-0.05, 0) is 18.8 Å². The molecule has 0 aliphatic heterocycles. The Bertz CT molecular complexity index is 238. The van der Waals surface area contributed by atoms with Crippen LogP contribution < -0.4 is 0 Å². The van der Waals surface area contributed by atoms with E-state index >= 15 is 0 Å². The summed E-state index contributed by atoms with van der Waals surface area (Å²) in [5.41, 5.74) is 0. The van der Waals surface area contributed by atoms with Crippen LogP contribution in [0.2, 0.25) is 0 Å². The van der Waals surface area contributed by atoms with Gasteiger partial charge in [-0.25, -0.2) is 0 Å². The summed E-state index contributed by atoms with van der Waals surface area (Å²) in [5, 5.41) is -0.230. The minimum absolute atomic E-state index is 0.230. The Kier molecular flexibility index (Phi) is 3.74. The first-order valence-electron chi connectivity index (χ1n) is 4.90. The van der Waals surface area contributed by atoms with Crippen LogP contribution in [0, 0.1) is 5.92 Å². The van der Waals surface area contributed by atoms with E-state index in [0.29, 0.717) is 6.61 Å². The normalized spacial score (nSPS) is 19.9. The fourth-order valence-electron chi connectivity index (χ4n) is 1.50.